The molecule has 0 unspecified atom stereocenters. The highest BCUT2D eigenvalue weighted by atomic mass is 32.1. The summed E-state index contributed by atoms with van der Waals surface area (Å²) in [5.74, 6) is -0.0181. The monoisotopic (exact) mass is 431 g/mol. The van der Waals surface area contributed by atoms with Crippen LogP contribution in [0, 0.1) is 4.77 Å². The van der Waals surface area contributed by atoms with Gasteiger partial charge in [0.1, 0.15) is 0 Å². The predicted molar refractivity (Wildman–Crippen MR) is 119 cm³/mol. The van der Waals surface area contributed by atoms with Crippen molar-refractivity contribution in [3.63, 3.8) is 0 Å². The normalized spacial score (nSPS) is 15.4. The van der Waals surface area contributed by atoms with E-state index in [-0.39, 0.29) is 35.9 Å². The summed E-state index contributed by atoms with van der Waals surface area (Å²) in [6.07, 6.45) is 0.209. The van der Waals surface area contributed by atoms with Gasteiger partial charge < -0.3 is 15.2 Å². The molecule has 1 aliphatic heterocycles. The molecule has 1 aromatic heterocycles. The van der Waals surface area contributed by atoms with Crippen molar-refractivity contribution in [2.75, 3.05) is 32.7 Å². The lowest BCUT2D eigenvalue weighted by atomic mass is 10.1. The van der Waals surface area contributed by atoms with E-state index in [9.17, 15) is 14.4 Å². The van der Waals surface area contributed by atoms with Crippen LogP contribution in [0.25, 0.3) is 10.9 Å². The minimum Gasteiger partial charge on any atom is -0.350 e. The first kappa shape index (κ1) is 22.2. The van der Waals surface area contributed by atoms with Crippen molar-refractivity contribution in [3.8, 4) is 0 Å². The molecular weight excluding hydrogens is 402 g/mol. The maximum Gasteiger partial charge on any atom is 0.262 e. The molecule has 30 heavy (non-hydrogen) atoms. The van der Waals surface area contributed by atoms with Crippen LogP contribution in [0.15, 0.2) is 29.1 Å². The van der Waals surface area contributed by atoms with Gasteiger partial charge >= 0.3 is 0 Å². The summed E-state index contributed by atoms with van der Waals surface area (Å²) < 4.78 is 1.77. The fraction of sp³-hybridized carbons (Fsp3) is 0.524. The number of H-pyrrole nitrogens is 1. The average molecular weight is 432 g/mol. The van der Waals surface area contributed by atoms with Gasteiger partial charge in [-0.3, -0.25) is 23.9 Å². The molecule has 162 valence electrons. The number of aromatic nitrogens is 2. The lowest BCUT2D eigenvalue weighted by molar-refractivity contribution is -0.133. The SMILES string of the molecule is CC(C)(C)NC(=O)CN1CCN(C(=O)CCn2c(=S)[nH]c3ccccc3c2=O)CC1. The smallest absolute Gasteiger partial charge is 0.262 e. The number of para-hydroxylation sites is 1. The molecule has 1 aromatic carbocycles. The highest BCUT2D eigenvalue weighted by Crippen LogP contribution is 2.08. The molecule has 0 saturated carbocycles. The summed E-state index contributed by atoms with van der Waals surface area (Å²) in [7, 11) is 0. The Morgan fingerprint density at radius 2 is 1.80 bits per heavy atom. The first-order valence-electron chi connectivity index (χ1n) is 10.2. The van der Waals surface area contributed by atoms with E-state index in [1.165, 1.54) is 4.57 Å². The maximum atomic E-state index is 12.7. The number of rotatable bonds is 5. The fourth-order valence-electron chi connectivity index (χ4n) is 3.58. The molecule has 1 saturated heterocycles. The van der Waals surface area contributed by atoms with Crippen molar-refractivity contribution in [1.82, 2.24) is 24.7 Å². The number of nitrogens with zero attached hydrogens (tertiary/aromatic N) is 3. The zero-order valence-corrected chi connectivity index (χ0v) is 18.6. The van der Waals surface area contributed by atoms with E-state index in [2.05, 4.69) is 15.2 Å². The molecule has 0 radical (unpaired) electrons. The molecule has 2 amide bonds. The van der Waals surface area contributed by atoms with Gasteiger partial charge in [-0.25, -0.2) is 0 Å². The molecule has 2 heterocycles. The van der Waals surface area contributed by atoms with Crippen LogP contribution in [0.2, 0.25) is 0 Å². The molecule has 2 aromatic rings. The van der Waals surface area contributed by atoms with Gasteiger partial charge in [0.15, 0.2) is 4.77 Å². The van der Waals surface area contributed by atoms with Crippen LogP contribution in [0.4, 0.5) is 0 Å². The minimum atomic E-state index is -0.253. The summed E-state index contributed by atoms with van der Waals surface area (Å²) in [5, 5.41) is 3.51. The van der Waals surface area contributed by atoms with Crippen molar-refractivity contribution in [2.45, 2.75) is 39.3 Å². The van der Waals surface area contributed by atoms with Crippen molar-refractivity contribution >= 4 is 34.9 Å². The average Bonchev–Trinajstić information content (AvgIpc) is 2.66. The summed E-state index contributed by atoms with van der Waals surface area (Å²) in [5.41, 5.74) is 0.259. The third-order valence-corrected chi connectivity index (χ3v) is 5.37. The molecule has 2 N–H and O–H groups in total. The summed E-state index contributed by atoms with van der Waals surface area (Å²) in [6, 6.07) is 7.20. The lowest BCUT2D eigenvalue weighted by Gasteiger charge is -2.35. The van der Waals surface area contributed by atoms with Gasteiger partial charge in [-0.15, -0.1) is 0 Å². The van der Waals surface area contributed by atoms with Crippen LogP contribution in [0.5, 0.6) is 0 Å². The van der Waals surface area contributed by atoms with Crippen LogP contribution in [-0.4, -0.2) is 69.4 Å². The zero-order chi connectivity index (χ0) is 21.9. The number of hydrogen-bond acceptors (Lipinski definition) is 5. The second kappa shape index (κ2) is 9.09. The highest BCUT2D eigenvalue weighted by Gasteiger charge is 2.23. The van der Waals surface area contributed by atoms with Gasteiger partial charge in [-0.2, -0.15) is 0 Å². The molecule has 1 aliphatic rings. The van der Waals surface area contributed by atoms with E-state index in [1.54, 1.807) is 17.0 Å². The molecule has 0 spiro atoms. The van der Waals surface area contributed by atoms with Crippen LogP contribution >= 0.6 is 12.2 Å². The van der Waals surface area contributed by atoms with Gasteiger partial charge in [-0.1, -0.05) is 12.1 Å². The number of carbonyl (C=O) groups is 2. The quantitative estimate of drug-likeness (QED) is 0.701. The Bertz CT molecular complexity index is 1050. The molecule has 0 aliphatic carbocycles. The van der Waals surface area contributed by atoms with E-state index in [0.29, 0.717) is 48.4 Å². The minimum absolute atomic E-state index is 0.00724. The van der Waals surface area contributed by atoms with Crippen molar-refractivity contribution < 1.29 is 9.59 Å². The number of carbonyl (C=O) groups excluding carboxylic acids is 2. The Kier molecular flexibility index (Phi) is 6.72. The zero-order valence-electron chi connectivity index (χ0n) is 17.7. The van der Waals surface area contributed by atoms with Gasteiger partial charge in [-0.05, 0) is 45.1 Å². The first-order valence-corrected chi connectivity index (χ1v) is 10.6. The molecule has 8 nitrogen and oxygen atoms in total. The van der Waals surface area contributed by atoms with Gasteiger partial charge in [0, 0.05) is 44.7 Å². The Morgan fingerprint density at radius 3 is 2.47 bits per heavy atom. The fourth-order valence-corrected chi connectivity index (χ4v) is 3.87. The van der Waals surface area contributed by atoms with Gasteiger partial charge in [0.25, 0.3) is 5.56 Å². The van der Waals surface area contributed by atoms with Crippen LogP contribution in [-0.2, 0) is 16.1 Å². The number of hydrogen-bond donors (Lipinski definition) is 2. The van der Waals surface area contributed by atoms with E-state index in [0.717, 1.165) is 0 Å². The largest absolute Gasteiger partial charge is 0.350 e. The standard InChI is InChI=1S/C21H29N5O3S/c1-21(2,3)23-17(27)14-24-10-12-25(13-11-24)18(28)8-9-26-19(29)15-6-4-5-7-16(15)22-20(26)30/h4-7H,8-14H2,1-3H3,(H,22,30)(H,23,27). The number of fused-ring (bicyclic) bond motifs is 1. The van der Waals surface area contributed by atoms with Crippen molar-refractivity contribution in [2.24, 2.45) is 0 Å². The Hall–Kier alpha value is -2.52. The Labute approximate surface area is 180 Å². The topological polar surface area (TPSA) is 90.4 Å². The van der Waals surface area contributed by atoms with Crippen molar-refractivity contribution in [3.05, 3.63) is 39.4 Å². The Balaban J connectivity index is 1.54. The van der Waals surface area contributed by atoms with E-state index >= 15 is 0 Å². The molecule has 9 heteroatoms. The second-order valence-corrected chi connectivity index (χ2v) is 9.02. The number of piperazine rings is 1. The van der Waals surface area contributed by atoms with E-state index in [4.69, 9.17) is 12.2 Å². The van der Waals surface area contributed by atoms with Gasteiger partial charge in [0.05, 0.1) is 17.4 Å². The molecule has 0 bridgehead atoms. The first-order chi connectivity index (χ1) is 14.1. The lowest BCUT2D eigenvalue weighted by Crippen LogP contribution is -2.53. The highest BCUT2D eigenvalue weighted by molar-refractivity contribution is 7.71. The summed E-state index contributed by atoms with van der Waals surface area (Å²) >= 11 is 5.31. The molecule has 0 atom stereocenters. The van der Waals surface area contributed by atoms with Crippen LogP contribution < -0.4 is 10.9 Å². The third-order valence-electron chi connectivity index (χ3n) is 5.05. The van der Waals surface area contributed by atoms with E-state index in [1.807, 2.05) is 32.9 Å². The molecular formula is C21H29N5O3S. The number of benzene rings is 1. The third kappa shape index (κ3) is 5.54. The predicted octanol–water partition coefficient (Wildman–Crippen LogP) is 1.51. The van der Waals surface area contributed by atoms with Crippen LogP contribution in [0.3, 0.4) is 0 Å². The summed E-state index contributed by atoms with van der Waals surface area (Å²) in [4.78, 5) is 44.3. The Morgan fingerprint density at radius 1 is 1.13 bits per heavy atom. The van der Waals surface area contributed by atoms with Crippen LogP contribution in [0.1, 0.15) is 27.2 Å². The molecule has 1 fully saturated rings. The van der Waals surface area contributed by atoms with Crippen molar-refractivity contribution in [1.29, 1.82) is 0 Å². The molecule has 3 rings (SSSR count). The number of aromatic amines is 1. The van der Waals surface area contributed by atoms with Gasteiger partial charge in [0.2, 0.25) is 11.8 Å². The number of amides is 2. The number of nitrogens with one attached hydrogen (secondary N) is 2. The second-order valence-electron chi connectivity index (χ2n) is 8.64. The summed E-state index contributed by atoms with van der Waals surface area (Å²) in [6.45, 7) is 8.88. The maximum absolute atomic E-state index is 12.7. The van der Waals surface area contributed by atoms with E-state index < -0.39 is 0 Å².